The number of pyridine rings is 1. The van der Waals surface area contributed by atoms with Crippen LogP contribution in [-0.4, -0.2) is 36.0 Å². The molecule has 1 aromatic carbocycles. The molecule has 120 valence electrons. The van der Waals surface area contributed by atoms with Crippen molar-refractivity contribution in [2.45, 2.75) is 12.8 Å². The van der Waals surface area contributed by atoms with Crippen molar-refractivity contribution in [1.29, 1.82) is 0 Å². The molecular weight excluding hydrogens is 296 g/mol. The number of hydrogen-bond donors (Lipinski definition) is 1. The number of nitro groups is 1. The molecule has 0 bridgehead atoms. The fraction of sp³-hybridized carbons (Fsp3) is 0.375. The second-order valence-corrected chi connectivity index (χ2v) is 5.68. The topological polar surface area (TPSA) is 88.4 Å². The number of non-ortho nitro benzene ring substituents is 1. The summed E-state index contributed by atoms with van der Waals surface area (Å²) in [6, 6.07) is 5.08. The molecule has 0 aliphatic carbocycles. The molecule has 7 heteroatoms. The van der Waals surface area contributed by atoms with Gasteiger partial charge in [0.2, 0.25) is 5.91 Å². The molecule has 1 fully saturated rings. The van der Waals surface area contributed by atoms with Crippen LogP contribution >= 0.6 is 0 Å². The number of amides is 1. The Morgan fingerprint density at radius 2 is 2.22 bits per heavy atom. The molecule has 1 saturated heterocycles. The number of hydrogen-bond acceptors (Lipinski definition) is 5. The summed E-state index contributed by atoms with van der Waals surface area (Å²) in [6.45, 7) is 1.46. The van der Waals surface area contributed by atoms with Crippen molar-refractivity contribution in [3.8, 4) is 0 Å². The van der Waals surface area contributed by atoms with Crippen LogP contribution in [-0.2, 0) is 4.79 Å². The Bertz CT molecular complexity index is 762. The van der Waals surface area contributed by atoms with Crippen LogP contribution in [0.4, 0.5) is 11.4 Å². The predicted molar refractivity (Wildman–Crippen MR) is 87.4 cm³/mol. The molecule has 1 aliphatic rings. The maximum Gasteiger partial charge on any atom is 0.278 e. The van der Waals surface area contributed by atoms with Crippen molar-refractivity contribution < 1.29 is 9.72 Å². The number of piperidine rings is 1. The van der Waals surface area contributed by atoms with Gasteiger partial charge in [0.05, 0.1) is 16.2 Å². The van der Waals surface area contributed by atoms with E-state index < -0.39 is 4.92 Å². The maximum absolute atomic E-state index is 11.9. The molecule has 1 aromatic heterocycles. The molecule has 2 heterocycles. The smallest absolute Gasteiger partial charge is 0.278 e. The lowest BCUT2D eigenvalue weighted by molar-refractivity contribution is -0.383. The number of benzene rings is 1. The third-order valence-corrected chi connectivity index (χ3v) is 4.35. The van der Waals surface area contributed by atoms with Crippen LogP contribution in [0.1, 0.15) is 12.8 Å². The number of rotatable bonds is 3. The van der Waals surface area contributed by atoms with Crippen LogP contribution in [0.5, 0.6) is 0 Å². The van der Waals surface area contributed by atoms with Crippen LogP contribution in [0, 0.1) is 16.0 Å². The SMILES string of the molecule is CNC(=O)C1CCCN(c2ccc([N+](=O)[O-])c3cnccc23)C1. The van der Waals surface area contributed by atoms with Gasteiger partial charge in [-0.15, -0.1) is 0 Å². The van der Waals surface area contributed by atoms with Gasteiger partial charge in [-0.05, 0) is 25.0 Å². The largest absolute Gasteiger partial charge is 0.370 e. The van der Waals surface area contributed by atoms with E-state index >= 15 is 0 Å². The highest BCUT2D eigenvalue weighted by Gasteiger charge is 2.27. The minimum absolute atomic E-state index is 0.0441. The van der Waals surface area contributed by atoms with Gasteiger partial charge < -0.3 is 10.2 Å². The number of anilines is 1. The minimum atomic E-state index is -0.392. The highest BCUT2D eigenvalue weighted by atomic mass is 16.6. The third-order valence-electron chi connectivity index (χ3n) is 4.35. The van der Waals surface area contributed by atoms with Gasteiger partial charge in [-0.1, -0.05) is 0 Å². The Hall–Kier alpha value is -2.70. The molecule has 1 unspecified atom stereocenters. The summed E-state index contributed by atoms with van der Waals surface area (Å²) in [5.74, 6) is -0.0107. The van der Waals surface area contributed by atoms with E-state index in [1.807, 2.05) is 0 Å². The number of fused-ring (bicyclic) bond motifs is 1. The summed E-state index contributed by atoms with van der Waals surface area (Å²) in [4.78, 5) is 28.9. The molecule has 1 N–H and O–H groups in total. The summed E-state index contributed by atoms with van der Waals surface area (Å²) in [5.41, 5.74) is 0.971. The molecule has 1 amide bonds. The molecule has 0 saturated carbocycles. The predicted octanol–water partition coefficient (Wildman–Crippen LogP) is 2.11. The van der Waals surface area contributed by atoms with Gasteiger partial charge in [-0.25, -0.2) is 0 Å². The number of carbonyl (C=O) groups excluding carboxylic acids is 1. The Kier molecular flexibility index (Phi) is 4.10. The lowest BCUT2D eigenvalue weighted by Crippen LogP contribution is -2.42. The van der Waals surface area contributed by atoms with Gasteiger partial charge in [-0.3, -0.25) is 19.9 Å². The molecule has 7 nitrogen and oxygen atoms in total. The van der Waals surface area contributed by atoms with E-state index in [-0.39, 0.29) is 17.5 Å². The summed E-state index contributed by atoms with van der Waals surface area (Å²) < 4.78 is 0. The molecule has 1 atom stereocenters. The Morgan fingerprint density at radius 3 is 2.96 bits per heavy atom. The van der Waals surface area contributed by atoms with E-state index in [2.05, 4.69) is 15.2 Å². The first-order chi connectivity index (χ1) is 11.1. The van der Waals surface area contributed by atoms with Crippen molar-refractivity contribution in [2.24, 2.45) is 5.92 Å². The molecule has 1 aliphatic heterocycles. The van der Waals surface area contributed by atoms with Crippen LogP contribution < -0.4 is 10.2 Å². The average molecular weight is 314 g/mol. The summed E-state index contributed by atoms with van der Waals surface area (Å²) in [5, 5.41) is 15.2. The summed E-state index contributed by atoms with van der Waals surface area (Å²) in [6.07, 6.45) is 4.94. The lowest BCUT2D eigenvalue weighted by Gasteiger charge is -2.34. The minimum Gasteiger partial charge on any atom is -0.370 e. The average Bonchev–Trinajstić information content (AvgIpc) is 2.60. The van der Waals surface area contributed by atoms with Crippen molar-refractivity contribution in [3.63, 3.8) is 0 Å². The molecular formula is C16H18N4O3. The number of nitrogens with zero attached hydrogens (tertiary/aromatic N) is 3. The highest BCUT2D eigenvalue weighted by molar-refractivity contribution is 5.99. The Balaban J connectivity index is 2.02. The van der Waals surface area contributed by atoms with Gasteiger partial charge >= 0.3 is 0 Å². The van der Waals surface area contributed by atoms with Crippen LogP contribution in [0.2, 0.25) is 0 Å². The monoisotopic (exact) mass is 314 g/mol. The summed E-state index contributed by atoms with van der Waals surface area (Å²) in [7, 11) is 1.65. The van der Waals surface area contributed by atoms with E-state index in [1.165, 1.54) is 12.3 Å². The Labute approximate surface area is 133 Å². The normalized spacial score (nSPS) is 18.0. The third kappa shape index (κ3) is 2.81. The zero-order valence-corrected chi connectivity index (χ0v) is 12.9. The zero-order chi connectivity index (χ0) is 16.4. The van der Waals surface area contributed by atoms with Crippen molar-refractivity contribution in [3.05, 3.63) is 40.7 Å². The standard InChI is InChI=1S/C16H18N4O3/c1-17-16(21)11-3-2-8-19(10-11)14-4-5-15(20(22)23)13-9-18-7-6-12(13)14/h4-7,9,11H,2-3,8,10H2,1H3,(H,17,21). The zero-order valence-electron chi connectivity index (χ0n) is 12.9. The highest BCUT2D eigenvalue weighted by Crippen LogP contribution is 2.34. The molecule has 0 radical (unpaired) electrons. The van der Waals surface area contributed by atoms with Gasteiger partial charge in [0.15, 0.2) is 0 Å². The van der Waals surface area contributed by atoms with E-state index in [1.54, 1.807) is 25.4 Å². The van der Waals surface area contributed by atoms with Gasteiger partial charge in [-0.2, -0.15) is 0 Å². The van der Waals surface area contributed by atoms with Crippen LogP contribution in [0.15, 0.2) is 30.6 Å². The van der Waals surface area contributed by atoms with E-state index in [0.29, 0.717) is 11.9 Å². The number of aromatic nitrogens is 1. The van der Waals surface area contributed by atoms with Crippen LogP contribution in [0.3, 0.4) is 0 Å². The maximum atomic E-state index is 11.9. The first-order valence-corrected chi connectivity index (χ1v) is 7.59. The lowest BCUT2D eigenvalue weighted by atomic mass is 9.96. The van der Waals surface area contributed by atoms with Crippen molar-refractivity contribution in [1.82, 2.24) is 10.3 Å². The molecule has 3 rings (SSSR count). The van der Waals surface area contributed by atoms with E-state index in [0.717, 1.165) is 30.5 Å². The first kappa shape index (κ1) is 15.2. The van der Waals surface area contributed by atoms with E-state index in [4.69, 9.17) is 0 Å². The fourth-order valence-electron chi connectivity index (χ4n) is 3.21. The Morgan fingerprint density at radius 1 is 1.39 bits per heavy atom. The quantitative estimate of drug-likeness (QED) is 0.692. The van der Waals surface area contributed by atoms with Crippen molar-refractivity contribution >= 4 is 28.1 Å². The number of nitrogens with one attached hydrogen (secondary N) is 1. The second kappa shape index (κ2) is 6.20. The van der Waals surface area contributed by atoms with Gasteiger partial charge in [0.25, 0.3) is 5.69 Å². The first-order valence-electron chi connectivity index (χ1n) is 7.59. The molecule has 23 heavy (non-hydrogen) atoms. The number of carbonyl (C=O) groups is 1. The second-order valence-electron chi connectivity index (χ2n) is 5.68. The molecule has 2 aromatic rings. The van der Waals surface area contributed by atoms with Crippen molar-refractivity contribution in [2.75, 3.05) is 25.0 Å². The molecule has 0 spiro atoms. The van der Waals surface area contributed by atoms with Crippen LogP contribution in [0.25, 0.3) is 10.8 Å². The van der Waals surface area contributed by atoms with Gasteiger partial charge in [0.1, 0.15) is 0 Å². The fourth-order valence-corrected chi connectivity index (χ4v) is 3.21. The summed E-state index contributed by atoms with van der Waals surface area (Å²) >= 11 is 0. The van der Waals surface area contributed by atoms with Gasteiger partial charge in [0, 0.05) is 49.7 Å². The number of nitro benzene ring substituents is 1. The van der Waals surface area contributed by atoms with E-state index in [9.17, 15) is 14.9 Å².